The van der Waals surface area contributed by atoms with Crippen LogP contribution in [0.5, 0.6) is 0 Å². The number of aliphatic hydroxyl groups excluding tert-OH is 1. The van der Waals surface area contributed by atoms with Crippen molar-refractivity contribution in [2.24, 2.45) is 46.4 Å². The summed E-state index contributed by atoms with van der Waals surface area (Å²) in [5.74, 6) is -12.2. The number of carbonyl (C=O) groups is 12. The molecule has 28 heteroatoms. The zero-order valence-corrected chi connectivity index (χ0v) is 43.4. The first-order chi connectivity index (χ1) is 34.7. The summed E-state index contributed by atoms with van der Waals surface area (Å²) in [5, 5.41) is 38.9. The second kappa shape index (κ2) is 33.3. The maximum Gasteiger partial charge on any atom is 0.326 e. The summed E-state index contributed by atoms with van der Waals surface area (Å²) in [6.45, 7) is 9.15. The van der Waals surface area contributed by atoms with E-state index in [2.05, 4.69) is 37.2 Å². The SMILES string of the molecule is CC(C)C[C@H](NC(=O)[C@@H](NC(=O)[C@H](CCCCN)NC(=O)[C@H](CCCCN)NC(=O)[C@@H](N)C(C)C)C(C)C)C(=O)NCC(=O)N[C@@H](CC(N)=O)C(=O)N1CCC[C@H]1C(=O)N[C@@H](CO)C(=O)N[C@@H](CC(N)=O)C(=O)O. The van der Waals surface area contributed by atoms with Crippen LogP contribution in [0.4, 0.5) is 0 Å². The minimum atomic E-state index is -1.77. The van der Waals surface area contributed by atoms with Gasteiger partial charge in [-0.15, -0.1) is 0 Å². The van der Waals surface area contributed by atoms with Crippen molar-refractivity contribution in [1.29, 1.82) is 0 Å². The average molecular weight is 1060 g/mol. The van der Waals surface area contributed by atoms with E-state index in [-0.39, 0.29) is 50.5 Å². The largest absolute Gasteiger partial charge is 0.480 e. The van der Waals surface area contributed by atoms with E-state index in [0.29, 0.717) is 38.8 Å². The zero-order valence-electron chi connectivity index (χ0n) is 43.4. The number of aliphatic hydroxyl groups is 1. The van der Waals surface area contributed by atoms with Gasteiger partial charge in [0, 0.05) is 6.54 Å². The fraction of sp³-hybridized carbons (Fsp3) is 0.739. The Balaban J connectivity index is 3.21. The van der Waals surface area contributed by atoms with Gasteiger partial charge in [0.15, 0.2) is 0 Å². The van der Waals surface area contributed by atoms with Crippen LogP contribution in [0.3, 0.4) is 0 Å². The summed E-state index contributed by atoms with van der Waals surface area (Å²) in [6, 6.07) is -12.1. The molecular weight excluding hydrogens is 973 g/mol. The molecule has 74 heavy (non-hydrogen) atoms. The van der Waals surface area contributed by atoms with Gasteiger partial charge in [-0.1, -0.05) is 41.5 Å². The summed E-state index contributed by atoms with van der Waals surface area (Å²) in [6.07, 6.45) is 1.12. The van der Waals surface area contributed by atoms with Crippen molar-refractivity contribution in [2.75, 3.05) is 32.8 Å². The van der Waals surface area contributed by atoms with Gasteiger partial charge in [0.2, 0.25) is 65.0 Å². The number of likely N-dealkylation sites (tertiary alicyclic amines) is 1. The number of aliphatic carboxylic acids is 1. The smallest absolute Gasteiger partial charge is 0.326 e. The van der Waals surface area contributed by atoms with Crippen molar-refractivity contribution in [3.05, 3.63) is 0 Å². The molecule has 0 unspecified atom stereocenters. The number of amides is 11. The van der Waals surface area contributed by atoms with Crippen LogP contribution in [0.2, 0.25) is 0 Å². The highest BCUT2D eigenvalue weighted by Crippen LogP contribution is 2.20. The summed E-state index contributed by atoms with van der Waals surface area (Å²) >= 11 is 0. The summed E-state index contributed by atoms with van der Waals surface area (Å²) in [5.41, 5.74) is 27.9. The van der Waals surface area contributed by atoms with Crippen LogP contribution in [0.15, 0.2) is 0 Å². The molecule has 1 aliphatic rings. The molecule has 20 N–H and O–H groups in total. The lowest BCUT2D eigenvalue weighted by molar-refractivity contribution is -0.145. The third-order valence-electron chi connectivity index (χ3n) is 11.9. The van der Waals surface area contributed by atoms with Gasteiger partial charge in [0.1, 0.15) is 48.3 Å². The fourth-order valence-electron chi connectivity index (χ4n) is 7.70. The number of carbonyl (C=O) groups excluding carboxylic acids is 11. The van der Waals surface area contributed by atoms with Crippen LogP contribution < -0.4 is 71.2 Å². The highest BCUT2D eigenvalue weighted by molar-refractivity contribution is 5.99. The number of hydrogen-bond donors (Lipinski definition) is 15. The fourth-order valence-corrected chi connectivity index (χ4v) is 7.70. The number of hydrogen-bond acceptors (Lipinski definition) is 16. The molecule has 0 aromatic rings. The van der Waals surface area contributed by atoms with Gasteiger partial charge < -0.3 is 86.3 Å². The number of primary amides is 2. The van der Waals surface area contributed by atoms with E-state index in [1.54, 1.807) is 41.5 Å². The van der Waals surface area contributed by atoms with Crippen molar-refractivity contribution in [3.63, 3.8) is 0 Å². The van der Waals surface area contributed by atoms with Crippen molar-refractivity contribution in [3.8, 4) is 0 Å². The molecule has 0 aromatic heterocycles. The molecular formula is C46H82N14O14. The number of unbranched alkanes of at least 4 members (excludes halogenated alkanes) is 2. The molecule has 0 saturated carbocycles. The Bertz CT molecular complexity index is 1960. The highest BCUT2D eigenvalue weighted by atomic mass is 16.4. The Labute approximate surface area is 431 Å². The second-order valence-corrected chi connectivity index (χ2v) is 19.4. The first kappa shape index (κ1) is 65.5. The lowest BCUT2D eigenvalue weighted by Gasteiger charge is -2.29. The van der Waals surface area contributed by atoms with Crippen molar-refractivity contribution >= 4 is 70.9 Å². The predicted molar refractivity (Wildman–Crippen MR) is 267 cm³/mol. The van der Waals surface area contributed by atoms with Gasteiger partial charge in [-0.3, -0.25) is 52.7 Å². The van der Waals surface area contributed by atoms with Gasteiger partial charge in [-0.25, -0.2) is 4.79 Å². The van der Waals surface area contributed by atoms with Crippen LogP contribution in [-0.2, 0) is 57.5 Å². The lowest BCUT2D eigenvalue weighted by Crippen LogP contribution is -2.60. The number of nitrogens with zero attached hydrogens (tertiary/aromatic N) is 1. The Kier molecular flexibility index (Phi) is 29.5. The predicted octanol–water partition coefficient (Wildman–Crippen LogP) is -5.74. The Morgan fingerprint density at radius 3 is 1.57 bits per heavy atom. The van der Waals surface area contributed by atoms with Crippen molar-refractivity contribution in [1.82, 2.24) is 47.4 Å². The van der Waals surface area contributed by atoms with Crippen LogP contribution in [0.1, 0.15) is 112 Å². The highest BCUT2D eigenvalue weighted by Gasteiger charge is 2.40. The van der Waals surface area contributed by atoms with Crippen LogP contribution in [0, 0.1) is 17.8 Å². The maximum atomic E-state index is 14.0. The van der Waals surface area contributed by atoms with E-state index < -0.39 is 157 Å². The molecule has 28 nitrogen and oxygen atoms in total. The summed E-state index contributed by atoms with van der Waals surface area (Å²) in [7, 11) is 0. The van der Waals surface area contributed by atoms with E-state index in [9.17, 15) is 67.7 Å². The summed E-state index contributed by atoms with van der Waals surface area (Å²) < 4.78 is 0. The van der Waals surface area contributed by atoms with Gasteiger partial charge in [0.25, 0.3) is 0 Å². The molecule has 0 aromatic carbocycles. The quantitative estimate of drug-likeness (QED) is 0.0263. The zero-order chi connectivity index (χ0) is 56.4. The van der Waals surface area contributed by atoms with Crippen LogP contribution in [-0.4, -0.2) is 173 Å². The summed E-state index contributed by atoms with van der Waals surface area (Å²) in [4.78, 5) is 157. The van der Waals surface area contributed by atoms with Crippen molar-refractivity contribution in [2.45, 2.75) is 167 Å². The number of carboxylic acid groups (broad SMARTS) is 1. The molecule has 0 bridgehead atoms. The minimum absolute atomic E-state index is 0.0339. The van der Waals surface area contributed by atoms with Crippen molar-refractivity contribution < 1.29 is 67.7 Å². The molecule has 0 aliphatic carbocycles. The van der Waals surface area contributed by atoms with Crippen LogP contribution in [0.25, 0.3) is 0 Å². The Hall–Kier alpha value is -6.52. The molecule has 0 spiro atoms. The average Bonchev–Trinajstić information content (AvgIpc) is 3.82. The molecule has 9 atom stereocenters. The Morgan fingerprint density at radius 2 is 1.08 bits per heavy atom. The maximum absolute atomic E-state index is 14.0. The molecule has 1 aliphatic heterocycles. The molecule has 420 valence electrons. The normalized spacial score (nSPS) is 16.6. The van der Waals surface area contributed by atoms with Crippen LogP contribution >= 0.6 is 0 Å². The monoisotopic (exact) mass is 1050 g/mol. The lowest BCUT2D eigenvalue weighted by atomic mass is 9.99. The van der Waals surface area contributed by atoms with Gasteiger partial charge in [0.05, 0.1) is 32.0 Å². The number of nitrogens with two attached hydrogens (primary N) is 5. The first-order valence-electron chi connectivity index (χ1n) is 24.9. The third-order valence-corrected chi connectivity index (χ3v) is 11.9. The molecule has 1 rings (SSSR count). The minimum Gasteiger partial charge on any atom is -0.480 e. The number of rotatable bonds is 35. The molecule has 0 radical (unpaired) electrons. The number of nitrogens with one attached hydrogen (secondary N) is 8. The molecule has 1 heterocycles. The first-order valence-corrected chi connectivity index (χ1v) is 24.9. The third kappa shape index (κ3) is 23.1. The second-order valence-electron chi connectivity index (χ2n) is 19.4. The van der Waals surface area contributed by atoms with E-state index in [1.165, 1.54) is 0 Å². The van der Waals surface area contributed by atoms with E-state index in [4.69, 9.17) is 28.7 Å². The topological polar surface area (TPSA) is 475 Å². The van der Waals surface area contributed by atoms with Gasteiger partial charge in [-0.2, -0.15) is 0 Å². The number of carboxylic acids is 1. The molecule has 1 saturated heterocycles. The van der Waals surface area contributed by atoms with Gasteiger partial charge in [-0.05, 0) is 88.6 Å². The molecule has 11 amide bonds. The van der Waals surface area contributed by atoms with Gasteiger partial charge >= 0.3 is 5.97 Å². The standard InChI is InChI=1S/C46H82N14O14/c1-23(2)18-28(56-44(71)37(25(5)6)59-40(67)27(13-8-10-16-48)54-39(66)26(12-7-9-15-47)55-43(70)36(51)24(3)4)38(65)52-21-35(64)53-29(19-33(49)62)45(72)60-17-11-14-32(60)42(69)58-31(22-61)41(68)57-30(46(73)74)20-34(50)63/h23-32,36-37,61H,7-22,47-48,51H2,1-6H3,(H2,49,62)(H2,50,63)(H,52,65)(H,53,64)(H,54,66)(H,55,70)(H,56,71)(H,57,68)(H,58,69)(H,59,67)(H,73,74)/t26-,27-,28-,29-,30-,31-,32-,36-,37-/m0/s1. The van der Waals surface area contributed by atoms with E-state index in [1.807, 2.05) is 5.32 Å². The molecule has 1 fully saturated rings. The van der Waals surface area contributed by atoms with E-state index >= 15 is 0 Å². The Morgan fingerprint density at radius 1 is 0.581 bits per heavy atom. The van der Waals surface area contributed by atoms with E-state index in [0.717, 1.165) is 4.90 Å².